The molecule has 2 rings (SSSR count). The zero-order valence-corrected chi connectivity index (χ0v) is 17.9. The Labute approximate surface area is 184 Å². The molecule has 2 aromatic carbocycles. The van der Waals surface area contributed by atoms with Crippen molar-refractivity contribution in [2.45, 2.75) is 26.0 Å². The van der Waals surface area contributed by atoms with Crippen LogP contribution in [-0.4, -0.2) is 37.0 Å². The lowest BCUT2D eigenvalue weighted by molar-refractivity contribution is -0.155. The number of benzene rings is 2. The van der Waals surface area contributed by atoms with Crippen molar-refractivity contribution < 1.29 is 28.2 Å². The van der Waals surface area contributed by atoms with Gasteiger partial charge in [0, 0.05) is 11.1 Å². The first-order chi connectivity index (χ1) is 14.7. The average Bonchev–Trinajstić information content (AvgIpc) is 2.74. The van der Waals surface area contributed by atoms with Crippen LogP contribution < -0.4 is 15.4 Å². The van der Waals surface area contributed by atoms with Crippen LogP contribution in [-0.2, 0) is 19.1 Å². The molecule has 0 aliphatic carbocycles. The summed E-state index contributed by atoms with van der Waals surface area (Å²) in [6.45, 7) is 2.75. The summed E-state index contributed by atoms with van der Waals surface area (Å²) in [7, 11) is 1.55. The maximum atomic E-state index is 13.8. The second-order valence-corrected chi connectivity index (χ2v) is 6.97. The third-order valence-electron chi connectivity index (χ3n) is 4.11. The van der Waals surface area contributed by atoms with Gasteiger partial charge >= 0.3 is 5.97 Å². The number of esters is 1. The Balaban J connectivity index is 1.85. The number of carbonyl (C=O) groups excluding carboxylic acids is 3. The molecule has 1 unspecified atom stereocenters. The number of hydrogen-bond donors (Lipinski definition) is 2. The average molecular weight is 449 g/mol. The van der Waals surface area contributed by atoms with Gasteiger partial charge in [-0.2, -0.15) is 0 Å². The first kappa shape index (κ1) is 23.9. The standard InChI is InChI=1S/C22H22ClFN2O5/c1-13(25-20(27)11-6-15-4-8-17(30-3)9-5-15)22(29)31-14(2)21(28)26-19-10-7-16(23)12-18(19)24/h4-14H,1-3H3,(H,25,27)(H,26,28)/b11-6+/t13-,14?/m0/s1. The maximum Gasteiger partial charge on any atom is 0.329 e. The second kappa shape index (κ2) is 11.1. The van der Waals surface area contributed by atoms with Gasteiger partial charge in [-0.1, -0.05) is 23.7 Å². The molecule has 9 heteroatoms. The molecule has 2 amide bonds. The van der Waals surface area contributed by atoms with E-state index in [4.69, 9.17) is 21.1 Å². The molecule has 2 aromatic rings. The molecule has 7 nitrogen and oxygen atoms in total. The summed E-state index contributed by atoms with van der Waals surface area (Å²) in [5, 5.41) is 4.94. The van der Waals surface area contributed by atoms with Gasteiger partial charge in [0.25, 0.3) is 5.91 Å². The van der Waals surface area contributed by atoms with Crippen molar-refractivity contribution in [2.75, 3.05) is 12.4 Å². The molecular weight excluding hydrogens is 427 g/mol. The summed E-state index contributed by atoms with van der Waals surface area (Å²) in [6, 6.07) is 9.78. The second-order valence-electron chi connectivity index (χ2n) is 6.53. The van der Waals surface area contributed by atoms with Gasteiger partial charge in [0.2, 0.25) is 5.91 Å². The molecule has 164 valence electrons. The number of nitrogens with one attached hydrogen (secondary N) is 2. The Hall–Kier alpha value is -3.39. The van der Waals surface area contributed by atoms with Gasteiger partial charge in [0.05, 0.1) is 12.8 Å². The van der Waals surface area contributed by atoms with Crippen LogP contribution in [0.3, 0.4) is 0 Å². The Morgan fingerprint density at radius 3 is 2.39 bits per heavy atom. The highest BCUT2D eigenvalue weighted by atomic mass is 35.5. The Morgan fingerprint density at radius 2 is 1.77 bits per heavy atom. The fraction of sp³-hybridized carbons (Fsp3) is 0.227. The number of halogens is 2. The van der Waals surface area contributed by atoms with Crippen LogP contribution in [0, 0.1) is 5.82 Å². The third-order valence-corrected chi connectivity index (χ3v) is 4.34. The minimum atomic E-state index is -1.21. The largest absolute Gasteiger partial charge is 0.497 e. The number of hydrogen-bond acceptors (Lipinski definition) is 5. The fourth-order valence-corrected chi connectivity index (χ4v) is 2.52. The SMILES string of the molecule is COc1ccc(/C=C/C(=O)N[C@@H](C)C(=O)OC(C)C(=O)Nc2ccc(Cl)cc2F)cc1. The van der Waals surface area contributed by atoms with E-state index in [-0.39, 0.29) is 10.7 Å². The predicted molar refractivity (Wildman–Crippen MR) is 115 cm³/mol. The van der Waals surface area contributed by atoms with Crippen LogP contribution in [0.4, 0.5) is 10.1 Å². The summed E-state index contributed by atoms with van der Waals surface area (Å²) in [5.74, 6) is -2.09. The molecule has 31 heavy (non-hydrogen) atoms. The highest BCUT2D eigenvalue weighted by Gasteiger charge is 2.23. The van der Waals surface area contributed by atoms with Crippen LogP contribution >= 0.6 is 11.6 Å². The Bertz CT molecular complexity index is 978. The normalized spacial score (nSPS) is 12.7. The van der Waals surface area contributed by atoms with Gasteiger partial charge in [-0.15, -0.1) is 0 Å². The van der Waals surface area contributed by atoms with Gasteiger partial charge in [-0.05, 0) is 55.8 Å². The molecule has 0 saturated carbocycles. The lowest BCUT2D eigenvalue weighted by atomic mass is 10.2. The van der Waals surface area contributed by atoms with Crippen molar-refractivity contribution >= 4 is 41.1 Å². The van der Waals surface area contributed by atoms with Crippen LogP contribution in [0.5, 0.6) is 5.75 Å². The molecule has 2 atom stereocenters. The number of ether oxygens (including phenoxy) is 2. The maximum absolute atomic E-state index is 13.8. The highest BCUT2D eigenvalue weighted by Crippen LogP contribution is 2.19. The lowest BCUT2D eigenvalue weighted by Crippen LogP contribution is -2.41. The van der Waals surface area contributed by atoms with Crippen molar-refractivity contribution in [3.05, 3.63) is 64.9 Å². The molecule has 0 fully saturated rings. The van der Waals surface area contributed by atoms with E-state index in [9.17, 15) is 18.8 Å². The van der Waals surface area contributed by atoms with Crippen molar-refractivity contribution in [2.24, 2.45) is 0 Å². The van der Waals surface area contributed by atoms with Crippen molar-refractivity contribution in [1.82, 2.24) is 5.32 Å². The Morgan fingerprint density at radius 1 is 1.10 bits per heavy atom. The molecule has 0 aliphatic heterocycles. The number of amides is 2. The first-order valence-electron chi connectivity index (χ1n) is 9.28. The van der Waals surface area contributed by atoms with Crippen LogP contribution in [0.25, 0.3) is 6.08 Å². The molecule has 0 radical (unpaired) electrons. The number of methoxy groups -OCH3 is 1. The molecule has 0 bridgehead atoms. The molecule has 2 N–H and O–H groups in total. The summed E-state index contributed by atoms with van der Waals surface area (Å²) in [5.41, 5.74) is 0.674. The van der Waals surface area contributed by atoms with Crippen LogP contribution in [0.2, 0.25) is 5.02 Å². The van der Waals surface area contributed by atoms with E-state index in [1.165, 1.54) is 32.1 Å². The van der Waals surface area contributed by atoms with Crippen LogP contribution in [0.15, 0.2) is 48.5 Å². The minimum Gasteiger partial charge on any atom is -0.497 e. The number of anilines is 1. The third kappa shape index (κ3) is 7.42. The highest BCUT2D eigenvalue weighted by molar-refractivity contribution is 6.30. The molecule has 0 saturated heterocycles. The minimum absolute atomic E-state index is 0.0951. The summed E-state index contributed by atoms with van der Waals surface area (Å²) >= 11 is 5.66. The van der Waals surface area contributed by atoms with Gasteiger partial charge in [0.1, 0.15) is 17.6 Å². The molecule has 0 aromatic heterocycles. The monoisotopic (exact) mass is 448 g/mol. The molecule has 0 heterocycles. The van der Waals surface area contributed by atoms with Crippen molar-refractivity contribution in [3.63, 3.8) is 0 Å². The number of carbonyl (C=O) groups is 3. The quantitative estimate of drug-likeness (QED) is 0.475. The number of rotatable bonds is 8. The topological polar surface area (TPSA) is 93.7 Å². The van der Waals surface area contributed by atoms with Gasteiger partial charge < -0.3 is 20.1 Å². The molecular formula is C22H22ClFN2O5. The summed E-state index contributed by atoms with van der Waals surface area (Å²) in [6.07, 6.45) is 1.63. The zero-order valence-electron chi connectivity index (χ0n) is 17.1. The van der Waals surface area contributed by atoms with Crippen molar-refractivity contribution in [1.29, 1.82) is 0 Å². The zero-order chi connectivity index (χ0) is 23.0. The van der Waals surface area contributed by atoms with Crippen LogP contribution in [0.1, 0.15) is 19.4 Å². The molecule has 0 aliphatic rings. The van der Waals surface area contributed by atoms with E-state index in [1.807, 2.05) is 0 Å². The first-order valence-corrected chi connectivity index (χ1v) is 9.66. The fourth-order valence-electron chi connectivity index (χ4n) is 2.36. The van der Waals surface area contributed by atoms with E-state index >= 15 is 0 Å². The molecule has 0 spiro atoms. The Kier molecular flexibility index (Phi) is 8.57. The van der Waals surface area contributed by atoms with Gasteiger partial charge in [-0.25, -0.2) is 9.18 Å². The smallest absolute Gasteiger partial charge is 0.329 e. The van der Waals surface area contributed by atoms with Crippen molar-refractivity contribution in [3.8, 4) is 5.75 Å². The van der Waals surface area contributed by atoms with E-state index in [1.54, 1.807) is 37.5 Å². The van der Waals surface area contributed by atoms with Gasteiger partial charge in [0.15, 0.2) is 6.10 Å². The summed E-state index contributed by atoms with van der Waals surface area (Å²) < 4.78 is 23.9. The lowest BCUT2D eigenvalue weighted by Gasteiger charge is -2.17. The van der Waals surface area contributed by atoms with Gasteiger partial charge in [-0.3, -0.25) is 9.59 Å². The predicted octanol–water partition coefficient (Wildman–Crippen LogP) is 3.58. The van der Waals surface area contributed by atoms with E-state index in [2.05, 4.69) is 10.6 Å². The van der Waals surface area contributed by atoms with E-state index < -0.39 is 35.7 Å². The summed E-state index contributed by atoms with van der Waals surface area (Å²) in [4.78, 5) is 36.3. The van der Waals surface area contributed by atoms with E-state index in [0.717, 1.165) is 11.6 Å². The van der Waals surface area contributed by atoms with E-state index in [0.29, 0.717) is 5.75 Å².